The Hall–Kier alpha value is -5.80. The monoisotopic (exact) mass is 578 g/mol. The second-order valence-electron chi connectivity index (χ2n) is 11.9. The molecule has 3 nitrogen and oxygen atoms in total. The molecule has 0 fully saturated rings. The lowest BCUT2D eigenvalue weighted by molar-refractivity contribution is 0.600. The van der Waals surface area contributed by atoms with Crippen molar-refractivity contribution < 1.29 is 4.42 Å². The molecule has 1 aliphatic carbocycles. The van der Waals surface area contributed by atoms with Crippen LogP contribution in [0.3, 0.4) is 0 Å². The molecule has 0 saturated carbocycles. The van der Waals surface area contributed by atoms with Gasteiger partial charge in [0.25, 0.3) is 0 Å². The molecule has 1 N–H and O–H groups in total. The maximum absolute atomic E-state index is 6.15. The van der Waals surface area contributed by atoms with E-state index in [1.54, 1.807) is 6.08 Å². The number of benzene rings is 5. The van der Waals surface area contributed by atoms with E-state index in [-0.39, 0.29) is 0 Å². The number of nitrogens with one attached hydrogen (secondary N) is 1. The summed E-state index contributed by atoms with van der Waals surface area (Å²) in [5.41, 5.74) is 14.4. The molecule has 3 heterocycles. The number of nitrogens with zero attached hydrogens (tertiary/aromatic N) is 1. The van der Waals surface area contributed by atoms with E-state index in [9.17, 15) is 0 Å². The summed E-state index contributed by atoms with van der Waals surface area (Å²) >= 11 is 0. The van der Waals surface area contributed by atoms with E-state index in [0.29, 0.717) is 5.92 Å². The van der Waals surface area contributed by atoms with Crippen molar-refractivity contribution in [3.63, 3.8) is 0 Å². The second-order valence-corrected chi connectivity index (χ2v) is 11.9. The van der Waals surface area contributed by atoms with Crippen molar-refractivity contribution in [2.45, 2.75) is 12.3 Å². The summed E-state index contributed by atoms with van der Waals surface area (Å²) in [5.74, 6) is 1.24. The zero-order valence-electron chi connectivity index (χ0n) is 24.7. The number of furan rings is 1. The lowest BCUT2D eigenvalue weighted by Gasteiger charge is -2.16. The summed E-state index contributed by atoms with van der Waals surface area (Å²) in [4.78, 5) is 0. The smallest absolute Gasteiger partial charge is 0.136 e. The van der Waals surface area contributed by atoms with Crippen LogP contribution >= 0.6 is 0 Å². The molecule has 7 aromatic rings. The molecule has 0 bridgehead atoms. The zero-order chi connectivity index (χ0) is 29.9. The molecule has 2 aromatic heterocycles. The Balaban J connectivity index is 0.960. The molecule has 214 valence electrons. The second kappa shape index (κ2) is 10.1. The highest BCUT2D eigenvalue weighted by atomic mass is 16.3. The normalized spacial score (nSPS) is 14.9. The molecule has 9 rings (SSSR count). The van der Waals surface area contributed by atoms with Crippen molar-refractivity contribution >= 4 is 44.9 Å². The fourth-order valence-electron chi connectivity index (χ4n) is 7.19. The Morgan fingerprint density at radius 2 is 1.56 bits per heavy atom. The molecule has 1 aliphatic heterocycles. The Labute approximate surface area is 262 Å². The minimum Gasteiger partial charge on any atom is -0.456 e. The van der Waals surface area contributed by atoms with E-state index >= 15 is 0 Å². The molecule has 0 radical (unpaired) electrons. The molecule has 2 aliphatic rings. The molecular weight excluding hydrogens is 548 g/mol. The number of rotatable bonds is 6. The molecule has 5 aromatic carbocycles. The summed E-state index contributed by atoms with van der Waals surface area (Å²) in [6, 6.07) is 43.1. The zero-order valence-corrected chi connectivity index (χ0v) is 24.7. The average Bonchev–Trinajstić information content (AvgIpc) is 3.77. The van der Waals surface area contributed by atoms with Crippen molar-refractivity contribution in [3.05, 3.63) is 174 Å². The molecule has 45 heavy (non-hydrogen) atoms. The Bertz CT molecular complexity index is 2290. The van der Waals surface area contributed by atoms with E-state index in [1.807, 2.05) is 24.3 Å². The van der Waals surface area contributed by atoms with Crippen LogP contribution in [0.1, 0.15) is 40.5 Å². The van der Waals surface area contributed by atoms with Crippen molar-refractivity contribution in [1.82, 2.24) is 4.57 Å². The largest absolute Gasteiger partial charge is 0.456 e. The van der Waals surface area contributed by atoms with Gasteiger partial charge in [0.1, 0.15) is 11.3 Å². The average molecular weight is 579 g/mol. The number of aromatic nitrogens is 1. The predicted molar refractivity (Wildman–Crippen MR) is 187 cm³/mol. The summed E-state index contributed by atoms with van der Waals surface area (Å²) < 4.78 is 8.64. The first-order valence-electron chi connectivity index (χ1n) is 15.5. The van der Waals surface area contributed by atoms with Crippen LogP contribution in [0.25, 0.3) is 50.3 Å². The van der Waals surface area contributed by atoms with E-state index in [4.69, 9.17) is 4.42 Å². The van der Waals surface area contributed by atoms with E-state index in [0.717, 1.165) is 45.7 Å². The number of para-hydroxylation sites is 2. The van der Waals surface area contributed by atoms with Gasteiger partial charge in [-0.3, -0.25) is 0 Å². The number of anilines is 2. The molecule has 1 unspecified atom stereocenters. The molecule has 3 heteroatoms. The van der Waals surface area contributed by atoms with Gasteiger partial charge >= 0.3 is 0 Å². The van der Waals surface area contributed by atoms with Gasteiger partial charge in [-0.1, -0.05) is 97.6 Å². The van der Waals surface area contributed by atoms with Crippen LogP contribution in [0.2, 0.25) is 0 Å². The molecule has 0 spiro atoms. The maximum Gasteiger partial charge on any atom is 0.136 e. The lowest BCUT2D eigenvalue weighted by Crippen LogP contribution is -2.01. The van der Waals surface area contributed by atoms with E-state index < -0.39 is 0 Å². The van der Waals surface area contributed by atoms with Gasteiger partial charge < -0.3 is 14.3 Å². The minimum absolute atomic E-state index is 0.407. The van der Waals surface area contributed by atoms with Gasteiger partial charge in [-0.25, -0.2) is 0 Å². The Morgan fingerprint density at radius 1 is 0.800 bits per heavy atom. The predicted octanol–water partition coefficient (Wildman–Crippen LogP) is 11.3. The minimum atomic E-state index is 0.407. The lowest BCUT2D eigenvalue weighted by atomic mass is 9.86. The highest BCUT2D eigenvalue weighted by Crippen LogP contribution is 2.49. The third-order valence-corrected chi connectivity index (χ3v) is 9.26. The SMILES string of the molecule is C=C/C=C(/c1ccc(Nc2ccc(-c3ccc4c(c3)C3CC=Cc5c3n-4c3ccccc53)cc2)cc1)c1cc2ccccc2o1. The van der Waals surface area contributed by atoms with Gasteiger partial charge in [0.2, 0.25) is 0 Å². The number of fused-ring (bicyclic) bond motifs is 7. The molecular formula is C42H30N2O. The fraction of sp³-hybridized carbons (Fsp3) is 0.0476. The highest BCUT2D eigenvalue weighted by molar-refractivity contribution is 5.96. The van der Waals surface area contributed by atoms with Crippen LogP contribution in [0.5, 0.6) is 0 Å². The van der Waals surface area contributed by atoms with Gasteiger partial charge in [-0.2, -0.15) is 0 Å². The summed E-state index contributed by atoms with van der Waals surface area (Å²) in [7, 11) is 0. The van der Waals surface area contributed by atoms with E-state index in [1.165, 1.54) is 44.5 Å². The van der Waals surface area contributed by atoms with Crippen molar-refractivity contribution in [2.75, 3.05) is 5.32 Å². The van der Waals surface area contributed by atoms with Gasteiger partial charge in [-0.15, -0.1) is 0 Å². The van der Waals surface area contributed by atoms with Crippen LogP contribution in [-0.4, -0.2) is 4.57 Å². The summed E-state index contributed by atoms with van der Waals surface area (Å²) in [5, 5.41) is 6.00. The Kier molecular flexibility index (Phi) is 5.79. The third kappa shape index (κ3) is 4.12. The van der Waals surface area contributed by atoms with Gasteiger partial charge in [0, 0.05) is 50.6 Å². The maximum atomic E-state index is 6.15. The number of allylic oxidation sites excluding steroid dienone is 3. The first-order chi connectivity index (χ1) is 22.2. The number of hydrogen-bond donors (Lipinski definition) is 1. The Morgan fingerprint density at radius 3 is 2.38 bits per heavy atom. The third-order valence-electron chi connectivity index (χ3n) is 9.26. The standard InChI is InChI=1S/C42H30N2O/c1-2-8-33(41-26-30-9-3-6-14-40(30)45-41)28-17-22-32(23-18-28)43-31-20-15-27(16-21-31)29-19-24-39-37(25-29)36-12-7-11-35-34-10-4-5-13-38(34)44(39)42(35)36/h2-11,13-26,36,43H,1,12H2/b33-8-. The van der Waals surface area contributed by atoms with Crippen molar-refractivity contribution in [2.24, 2.45) is 0 Å². The molecule has 0 saturated heterocycles. The molecule has 0 amide bonds. The van der Waals surface area contributed by atoms with Crippen LogP contribution < -0.4 is 5.32 Å². The van der Waals surface area contributed by atoms with Gasteiger partial charge in [0.05, 0.1) is 5.52 Å². The first kappa shape index (κ1) is 25.7. The van der Waals surface area contributed by atoms with Crippen LogP contribution in [0.4, 0.5) is 11.4 Å². The fourth-order valence-corrected chi connectivity index (χ4v) is 7.19. The van der Waals surface area contributed by atoms with Crippen molar-refractivity contribution in [1.29, 1.82) is 0 Å². The highest BCUT2D eigenvalue weighted by Gasteiger charge is 2.34. The van der Waals surface area contributed by atoms with Crippen LogP contribution in [-0.2, 0) is 0 Å². The number of hydrogen-bond acceptors (Lipinski definition) is 2. The molecule has 1 atom stereocenters. The quantitative estimate of drug-likeness (QED) is 0.199. The summed E-state index contributed by atoms with van der Waals surface area (Å²) in [6.45, 7) is 3.92. The topological polar surface area (TPSA) is 30.1 Å². The van der Waals surface area contributed by atoms with Gasteiger partial charge in [-0.05, 0) is 83.3 Å². The summed E-state index contributed by atoms with van der Waals surface area (Å²) in [6.07, 6.45) is 9.51. The van der Waals surface area contributed by atoms with E-state index in [2.05, 4.69) is 132 Å². The van der Waals surface area contributed by atoms with Crippen LogP contribution in [0.15, 0.2) is 151 Å². The van der Waals surface area contributed by atoms with Crippen molar-refractivity contribution in [3.8, 4) is 16.8 Å². The first-order valence-corrected chi connectivity index (χ1v) is 15.5. The van der Waals surface area contributed by atoms with Gasteiger partial charge in [0.15, 0.2) is 0 Å². The van der Waals surface area contributed by atoms with Crippen LogP contribution in [0, 0.1) is 0 Å².